The van der Waals surface area contributed by atoms with Crippen molar-refractivity contribution in [3.63, 3.8) is 0 Å². The molecule has 0 atom stereocenters. The van der Waals surface area contributed by atoms with E-state index in [1.165, 1.54) is 5.32 Å². The van der Waals surface area contributed by atoms with Crippen LogP contribution in [-0.4, -0.2) is 68.2 Å². The highest BCUT2D eigenvalue weighted by Gasteiger charge is 2.32. The molecule has 0 spiro atoms. The maximum absolute atomic E-state index is 9.88. The van der Waals surface area contributed by atoms with Gasteiger partial charge in [-0.2, -0.15) is 0 Å². The predicted octanol–water partition coefficient (Wildman–Crippen LogP) is -3.65. The van der Waals surface area contributed by atoms with Crippen LogP contribution >= 0.6 is 0 Å². The SMILES string of the molecule is O=C(O)CNC(O)(O)C(=O)O.OCCO. The van der Waals surface area contributed by atoms with Crippen LogP contribution in [-0.2, 0) is 9.59 Å². The van der Waals surface area contributed by atoms with Crippen LogP contribution in [0.25, 0.3) is 0 Å². The molecule has 9 nitrogen and oxygen atoms in total. The number of hydrogen-bond acceptors (Lipinski definition) is 7. The van der Waals surface area contributed by atoms with E-state index in [9.17, 15) is 9.59 Å². The molecule has 0 saturated heterocycles. The first-order chi connectivity index (χ1) is 6.77. The molecule has 7 N–H and O–H groups in total. The molecule has 0 amide bonds. The van der Waals surface area contributed by atoms with E-state index in [1.54, 1.807) is 0 Å². The second-order valence-corrected chi connectivity index (χ2v) is 2.17. The van der Waals surface area contributed by atoms with Crippen LogP contribution in [0.15, 0.2) is 0 Å². The van der Waals surface area contributed by atoms with E-state index in [4.69, 9.17) is 30.6 Å². The van der Waals surface area contributed by atoms with E-state index < -0.39 is 24.4 Å². The summed E-state index contributed by atoms with van der Waals surface area (Å²) < 4.78 is 0. The average molecular weight is 227 g/mol. The molecule has 0 unspecified atom stereocenters. The topological polar surface area (TPSA) is 168 Å². The van der Waals surface area contributed by atoms with Gasteiger partial charge in [0.15, 0.2) is 0 Å². The number of carboxylic acid groups (broad SMARTS) is 2. The van der Waals surface area contributed by atoms with Gasteiger partial charge in [-0.25, -0.2) is 10.1 Å². The zero-order chi connectivity index (χ0) is 12.5. The van der Waals surface area contributed by atoms with Crippen molar-refractivity contribution in [1.82, 2.24) is 5.32 Å². The summed E-state index contributed by atoms with van der Waals surface area (Å²) >= 11 is 0. The smallest absolute Gasteiger partial charge is 0.381 e. The van der Waals surface area contributed by atoms with Crippen LogP contribution in [0.5, 0.6) is 0 Å². The minimum atomic E-state index is -3.18. The lowest BCUT2D eigenvalue weighted by molar-refractivity contribution is -0.215. The molecule has 9 heteroatoms. The third-order valence-corrected chi connectivity index (χ3v) is 0.884. The van der Waals surface area contributed by atoms with Crippen molar-refractivity contribution in [2.45, 2.75) is 5.91 Å². The summed E-state index contributed by atoms with van der Waals surface area (Å²) in [6.07, 6.45) is 0. The maximum Gasteiger partial charge on any atom is 0.381 e. The summed E-state index contributed by atoms with van der Waals surface area (Å²) in [5.74, 6) is -6.53. The molecule has 0 rings (SSSR count). The van der Waals surface area contributed by atoms with Gasteiger partial charge in [-0.15, -0.1) is 0 Å². The minimum absolute atomic E-state index is 0.125. The monoisotopic (exact) mass is 227 g/mol. The van der Waals surface area contributed by atoms with E-state index in [0.29, 0.717) is 0 Å². The molecule has 0 aliphatic heterocycles. The Morgan fingerprint density at radius 2 is 1.47 bits per heavy atom. The van der Waals surface area contributed by atoms with Gasteiger partial charge < -0.3 is 30.6 Å². The molecule has 0 radical (unpaired) electrons. The van der Waals surface area contributed by atoms with E-state index >= 15 is 0 Å². The van der Waals surface area contributed by atoms with Crippen LogP contribution in [0.3, 0.4) is 0 Å². The number of aliphatic hydroxyl groups excluding tert-OH is 2. The molecule has 0 aromatic carbocycles. The molecule has 0 aromatic rings. The highest BCUT2D eigenvalue weighted by Crippen LogP contribution is 1.91. The first-order valence-electron chi connectivity index (χ1n) is 3.64. The Morgan fingerprint density at radius 3 is 1.67 bits per heavy atom. The van der Waals surface area contributed by atoms with Crippen molar-refractivity contribution < 1.29 is 40.2 Å². The minimum Gasteiger partial charge on any atom is -0.480 e. The van der Waals surface area contributed by atoms with Gasteiger partial charge >= 0.3 is 17.8 Å². The van der Waals surface area contributed by atoms with Crippen LogP contribution in [0.2, 0.25) is 0 Å². The number of nitrogens with one attached hydrogen (secondary N) is 1. The molecule has 0 aliphatic rings. The fourth-order valence-electron chi connectivity index (χ4n) is 0.274. The fraction of sp³-hybridized carbons (Fsp3) is 0.667. The summed E-state index contributed by atoms with van der Waals surface area (Å²) in [5, 5.41) is 49.5. The summed E-state index contributed by atoms with van der Waals surface area (Å²) in [6, 6.07) is 0. The number of carbonyl (C=O) groups is 2. The van der Waals surface area contributed by atoms with Gasteiger partial charge in [-0.1, -0.05) is 0 Å². The van der Waals surface area contributed by atoms with Crippen LogP contribution < -0.4 is 5.32 Å². The Morgan fingerprint density at radius 1 is 1.07 bits per heavy atom. The number of aliphatic hydroxyl groups is 4. The van der Waals surface area contributed by atoms with Crippen molar-refractivity contribution in [3.8, 4) is 0 Å². The van der Waals surface area contributed by atoms with Crippen LogP contribution in [0, 0.1) is 0 Å². The van der Waals surface area contributed by atoms with Gasteiger partial charge in [0, 0.05) is 0 Å². The van der Waals surface area contributed by atoms with Crippen molar-refractivity contribution >= 4 is 11.9 Å². The molecular formula is C6H13NO8. The van der Waals surface area contributed by atoms with E-state index in [0.717, 1.165) is 0 Å². The largest absolute Gasteiger partial charge is 0.480 e. The Kier molecular flexibility index (Phi) is 8.72. The number of carboxylic acids is 2. The predicted molar refractivity (Wildman–Crippen MR) is 44.6 cm³/mol. The number of aliphatic carboxylic acids is 2. The van der Waals surface area contributed by atoms with Crippen molar-refractivity contribution in [2.24, 2.45) is 0 Å². The molecule has 90 valence electrons. The lowest BCUT2D eigenvalue weighted by Gasteiger charge is -2.15. The maximum atomic E-state index is 9.88. The third kappa shape index (κ3) is 10.7. The summed E-state index contributed by atoms with van der Waals surface area (Å²) in [7, 11) is 0. The van der Waals surface area contributed by atoms with Gasteiger partial charge in [0.2, 0.25) is 0 Å². The summed E-state index contributed by atoms with van der Waals surface area (Å²) in [4.78, 5) is 19.7. The third-order valence-electron chi connectivity index (χ3n) is 0.884. The van der Waals surface area contributed by atoms with Gasteiger partial charge in [0.25, 0.3) is 0 Å². The zero-order valence-electron chi connectivity index (χ0n) is 7.62. The summed E-state index contributed by atoms with van der Waals surface area (Å²) in [6.45, 7) is -1.10. The van der Waals surface area contributed by atoms with Crippen molar-refractivity contribution in [1.29, 1.82) is 0 Å². The Bertz CT molecular complexity index is 201. The molecule has 0 aromatic heterocycles. The van der Waals surface area contributed by atoms with Crippen molar-refractivity contribution in [3.05, 3.63) is 0 Å². The van der Waals surface area contributed by atoms with Gasteiger partial charge in [-0.05, 0) is 0 Å². The molecule has 0 aliphatic carbocycles. The average Bonchev–Trinajstić information content (AvgIpc) is 2.15. The molecular weight excluding hydrogens is 214 g/mol. The molecule has 15 heavy (non-hydrogen) atoms. The van der Waals surface area contributed by atoms with Gasteiger partial charge in [0.05, 0.1) is 19.8 Å². The quantitative estimate of drug-likeness (QED) is 0.234. The lowest BCUT2D eigenvalue weighted by atomic mass is 10.4. The molecule has 0 bridgehead atoms. The van der Waals surface area contributed by atoms with Gasteiger partial charge in [-0.3, -0.25) is 4.79 Å². The normalized spacial score (nSPS) is 10.1. The lowest BCUT2D eigenvalue weighted by Crippen LogP contribution is -2.53. The first kappa shape index (κ1) is 16.2. The first-order valence-corrected chi connectivity index (χ1v) is 3.64. The van der Waals surface area contributed by atoms with E-state index in [-0.39, 0.29) is 13.2 Å². The molecule has 0 fully saturated rings. The van der Waals surface area contributed by atoms with E-state index in [1.807, 2.05) is 0 Å². The number of rotatable bonds is 5. The Hall–Kier alpha value is -1.26. The highest BCUT2D eigenvalue weighted by molar-refractivity contribution is 5.76. The summed E-state index contributed by atoms with van der Waals surface area (Å²) in [5.41, 5.74) is 0. The molecule has 0 saturated carbocycles. The van der Waals surface area contributed by atoms with Crippen molar-refractivity contribution in [2.75, 3.05) is 19.8 Å². The van der Waals surface area contributed by atoms with Crippen LogP contribution in [0.4, 0.5) is 0 Å². The Labute approximate surface area is 84.2 Å². The number of hydrogen-bond donors (Lipinski definition) is 7. The zero-order valence-corrected chi connectivity index (χ0v) is 7.62. The molecule has 0 heterocycles. The van der Waals surface area contributed by atoms with Gasteiger partial charge in [0.1, 0.15) is 0 Å². The Balaban J connectivity index is 0. The standard InChI is InChI=1S/C4H7NO6.C2H6O2/c6-2(7)1-5-4(10,11)3(8)9;3-1-2-4/h5,10-11H,1H2,(H,6,7)(H,8,9);3-4H,1-2H2. The fourth-order valence-corrected chi connectivity index (χ4v) is 0.274. The highest BCUT2D eigenvalue weighted by atomic mass is 16.6. The second kappa shape index (κ2) is 8.08. The second-order valence-electron chi connectivity index (χ2n) is 2.17. The van der Waals surface area contributed by atoms with Crippen LogP contribution in [0.1, 0.15) is 0 Å². The van der Waals surface area contributed by atoms with E-state index in [2.05, 4.69) is 0 Å².